The Morgan fingerprint density at radius 3 is 2.94 bits per heavy atom. The number of carboxylic acids is 1. The van der Waals surface area contributed by atoms with E-state index in [2.05, 4.69) is 15.1 Å². The Bertz CT molecular complexity index is 431. The molecule has 0 spiro atoms. The summed E-state index contributed by atoms with van der Waals surface area (Å²) in [5, 5.41) is 17.3. The molecule has 0 saturated carbocycles. The highest BCUT2D eigenvalue weighted by atomic mass is 16.4. The summed E-state index contributed by atoms with van der Waals surface area (Å²) < 4.78 is 1.88. The van der Waals surface area contributed by atoms with Crippen LogP contribution in [-0.4, -0.2) is 43.8 Å². The van der Waals surface area contributed by atoms with Crippen LogP contribution in [0.1, 0.15) is 32.0 Å². The molecule has 0 radical (unpaired) electrons. The summed E-state index contributed by atoms with van der Waals surface area (Å²) >= 11 is 0. The first-order valence-electron chi connectivity index (χ1n) is 6.36. The van der Waals surface area contributed by atoms with Crippen LogP contribution in [0.4, 0.5) is 0 Å². The number of aromatic nitrogens is 3. The summed E-state index contributed by atoms with van der Waals surface area (Å²) in [6.45, 7) is 4.15. The Balaban J connectivity index is 2.03. The van der Waals surface area contributed by atoms with Crippen molar-refractivity contribution in [2.24, 2.45) is 12.5 Å². The molecule has 1 aliphatic heterocycles. The van der Waals surface area contributed by atoms with Crippen molar-refractivity contribution in [1.82, 2.24) is 19.7 Å². The maximum Gasteiger partial charge on any atom is 0.310 e. The minimum Gasteiger partial charge on any atom is -0.481 e. The number of aryl methyl sites for hydroxylation is 1. The highest BCUT2D eigenvalue weighted by Crippen LogP contribution is 2.35. The summed E-state index contributed by atoms with van der Waals surface area (Å²) in [5.41, 5.74) is -0.562. The van der Waals surface area contributed by atoms with Crippen LogP contribution in [-0.2, 0) is 18.4 Å². The molecule has 1 fully saturated rings. The number of rotatable bonds is 5. The SMILES string of the molecule is CCCC1(C(=O)O)CCN(Cc2nncn2C)C1. The second-order valence-electron chi connectivity index (χ2n) is 5.15. The molecule has 6 heteroatoms. The van der Waals surface area contributed by atoms with Crippen molar-refractivity contribution in [2.75, 3.05) is 13.1 Å². The van der Waals surface area contributed by atoms with E-state index < -0.39 is 11.4 Å². The minimum absolute atomic E-state index is 0.562. The minimum atomic E-state index is -0.662. The van der Waals surface area contributed by atoms with E-state index in [1.54, 1.807) is 6.33 Å². The third kappa shape index (κ3) is 2.38. The predicted molar refractivity (Wildman–Crippen MR) is 65.9 cm³/mol. The van der Waals surface area contributed by atoms with E-state index >= 15 is 0 Å². The smallest absolute Gasteiger partial charge is 0.310 e. The van der Waals surface area contributed by atoms with E-state index in [4.69, 9.17) is 0 Å². The third-order valence-corrected chi connectivity index (χ3v) is 3.79. The molecular weight excluding hydrogens is 232 g/mol. The van der Waals surface area contributed by atoms with Crippen molar-refractivity contribution < 1.29 is 9.90 Å². The van der Waals surface area contributed by atoms with E-state index in [1.165, 1.54) is 0 Å². The molecule has 0 aromatic carbocycles. The van der Waals surface area contributed by atoms with Crippen molar-refractivity contribution in [3.05, 3.63) is 12.2 Å². The summed E-state index contributed by atoms with van der Waals surface area (Å²) in [5.74, 6) is 0.220. The number of nitrogens with zero attached hydrogens (tertiary/aromatic N) is 4. The van der Waals surface area contributed by atoms with Gasteiger partial charge in [0.2, 0.25) is 0 Å². The fourth-order valence-electron chi connectivity index (χ4n) is 2.71. The van der Waals surface area contributed by atoms with Gasteiger partial charge >= 0.3 is 5.97 Å². The van der Waals surface area contributed by atoms with Gasteiger partial charge in [-0.05, 0) is 19.4 Å². The van der Waals surface area contributed by atoms with Crippen molar-refractivity contribution in [1.29, 1.82) is 0 Å². The van der Waals surface area contributed by atoms with Crippen molar-refractivity contribution in [3.8, 4) is 0 Å². The number of aliphatic carboxylic acids is 1. The lowest BCUT2D eigenvalue weighted by molar-refractivity contribution is -0.148. The van der Waals surface area contributed by atoms with Crippen LogP contribution in [0.2, 0.25) is 0 Å². The van der Waals surface area contributed by atoms with E-state index in [-0.39, 0.29) is 0 Å². The standard InChI is InChI=1S/C12H20N4O2/c1-3-4-12(11(17)18)5-6-16(8-12)7-10-14-13-9-15(10)2/h9H,3-8H2,1-2H3,(H,17,18). The van der Waals surface area contributed by atoms with Gasteiger partial charge in [-0.15, -0.1) is 10.2 Å². The summed E-state index contributed by atoms with van der Waals surface area (Å²) in [6, 6.07) is 0. The molecule has 6 nitrogen and oxygen atoms in total. The van der Waals surface area contributed by atoms with E-state index in [0.717, 1.165) is 31.6 Å². The highest BCUT2D eigenvalue weighted by Gasteiger charge is 2.43. The molecule has 1 aromatic rings. The van der Waals surface area contributed by atoms with Crippen LogP contribution >= 0.6 is 0 Å². The lowest BCUT2D eigenvalue weighted by Gasteiger charge is -2.24. The Morgan fingerprint density at radius 1 is 1.61 bits per heavy atom. The Kier molecular flexibility index (Phi) is 3.65. The number of carboxylic acid groups (broad SMARTS) is 1. The molecule has 2 heterocycles. The molecule has 0 bridgehead atoms. The number of hydrogen-bond donors (Lipinski definition) is 1. The Hall–Kier alpha value is -1.43. The summed E-state index contributed by atoms with van der Waals surface area (Å²) in [4.78, 5) is 13.6. The van der Waals surface area contributed by atoms with Gasteiger partial charge in [0, 0.05) is 13.6 Å². The molecule has 0 aliphatic carbocycles. The van der Waals surface area contributed by atoms with Gasteiger partial charge in [-0.1, -0.05) is 13.3 Å². The second-order valence-corrected chi connectivity index (χ2v) is 5.15. The highest BCUT2D eigenvalue weighted by molar-refractivity contribution is 5.75. The van der Waals surface area contributed by atoms with Crippen molar-refractivity contribution in [3.63, 3.8) is 0 Å². The fraction of sp³-hybridized carbons (Fsp3) is 0.750. The van der Waals surface area contributed by atoms with Crippen LogP contribution in [0.5, 0.6) is 0 Å². The van der Waals surface area contributed by atoms with E-state index in [9.17, 15) is 9.90 Å². The Morgan fingerprint density at radius 2 is 2.39 bits per heavy atom. The van der Waals surface area contributed by atoms with Gasteiger partial charge in [0.05, 0.1) is 12.0 Å². The van der Waals surface area contributed by atoms with Gasteiger partial charge in [0.1, 0.15) is 12.2 Å². The molecule has 1 N–H and O–H groups in total. The average Bonchev–Trinajstić information content (AvgIpc) is 2.89. The first-order chi connectivity index (χ1) is 8.57. The molecule has 1 unspecified atom stereocenters. The van der Waals surface area contributed by atoms with Crippen molar-refractivity contribution in [2.45, 2.75) is 32.7 Å². The quantitative estimate of drug-likeness (QED) is 0.842. The molecule has 1 atom stereocenters. The van der Waals surface area contributed by atoms with E-state index in [0.29, 0.717) is 13.1 Å². The molecule has 18 heavy (non-hydrogen) atoms. The van der Waals surface area contributed by atoms with Gasteiger partial charge in [-0.2, -0.15) is 0 Å². The molecule has 1 aromatic heterocycles. The van der Waals surface area contributed by atoms with Crippen LogP contribution in [0.15, 0.2) is 6.33 Å². The van der Waals surface area contributed by atoms with Crippen LogP contribution < -0.4 is 0 Å². The van der Waals surface area contributed by atoms with Gasteiger partial charge < -0.3 is 9.67 Å². The number of carbonyl (C=O) groups is 1. The summed E-state index contributed by atoms with van der Waals surface area (Å²) in [6.07, 6.45) is 4.05. The average molecular weight is 252 g/mol. The topological polar surface area (TPSA) is 71.2 Å². The maximum absolute atomic E-state index is 11.5. The monoisotopic (exact) mass is 252 g/mol. The number of likely N-dealkylation sites (tertiary alicyclic amines) is 1. The van der Waals surface area contributed by atoms with Crippen LogP contribution in [0.25, 0.3) is 0 Å². The largest absolute Gasteiger partial charge is 0.481 e. The fourth-order valence-corrected chi connectivity index (χ4v) is 2.71. The molecular formula is C12H20N4O2. The van der Waals surface area contributed by atoms with Gasteiger partial charge in [-0.3, -0.25) is 9.69 Å². The van der Waals surface area contributed by atoms with Crippen LogP contribution in [0.3, 0.4) is 0 Å². The van der Waals surface area contributed by atoms with Gasteiger partial charge in [0.25, 0.3) is 0 Å². The van der Waals surface area contributed by atoms with E-state index in [1.807, 2.05) is 18.5 Å². The molecule has 1 aliphatic rings. The summed E-state index contributed by atoms with van der Waals surface area (Å²) in [7, 11) is 1.90. The lowest BCUT2D eigenvalue weighted by Crippen LogP contribution is -2.34. The van der Waals surface area contributed by atoms with Crippen molar-refractivity contribution >= 4 is 5.97 Å². The van der Waals surface area contributed by atoms with Crippen LogP contribution in [0, 0.1) is 5.41 Å². The molecule has 1 saturated heterocycles. The zero-order chi connectivity index (χ0) is 13.2. The van der Waals surface area contributed by atoms with Gasteiger partial charge in [-0.25, -0.2) is 0 Å². The third-order valence-electron chi connectivity index (χ3n) is 3.79. The van der Waals surface area contributed by atoms with Gasteiger partial charge in [0.15, 0.2) is 0 Å². The molecule has 0 amide bonds. The zero-order valence-corrected chi connectivity index (χ0v) is 11.0. The maximum atomic E-state index is 11.5. The second kappa shape index (κ2) is 5.06. The predicted octanol–water partition coefficient (Wildman–Crippen LogP) is 0.892. The zero-order valence-electron chi connectivity index (χ0n) is 11.0. The molecule has 100 valence electrons. The first kappa shape index (κ1) is 13.0. The molecule has 2 rings (SSSR count). The first-order valence-corrected chi connectivity index (χ1v) is 6.36. The lowest BCUT2D eigenvalue weighted by atomic mass is 9.83. The normalized spacial score (nSPS) is 24.6. The Labute approximate surface area is 107 Å². The number of hydrogen-bond acceptors (Lipinski definition) is 4.